The van der Waals surface area contributed by atoms with Crippen LogP contribution in [0.15, 0.2) is 59.0 Å². The molecule has 1 aromatic rings. The average Bonchev–Trinajstić information content (AvgIpc) is 3.28. The number of fused-ring (bicyclic) bond motifs is 1. The van der Waals surface area contributed by atoms with Gasteiger partial charge >= 0.3 is 0 Å². The van der Waals surface area contributed by atoms with Gasteiger partial charge in [-0.05, 0) is 68.2 Å². The van der Waals surface area contributed by atoms with Crippen LogP contribution in [0.3, 0.4) is 0 Å². The fourth-order valence-electron chi connectivity index (χ4n) is 4.61. The third-order valence-corrected chi connectivity index (χ3v) is 6.04. The van der Waals surface area contributed by atoms with Crippen LogP contribution in [0.1, 0.15) is 33.6 Å². The van der Waals surface area contributed by atoms with E-state index in [-0.39, 0.29) is 23.6 Å². The molecule has 1 aliphatic heterocycles. The molecule has 0 bridgehead atoms. The van der Waals surface area contributed by atoms with E-state index in [2.05, 4.69) is 18.4 Å². The smallest absolute Gasteiger partial charge is 0.229 e. The molecule has 1 aromatic carbocycles. The van der Waals surface area contributed by atoms with Crippen molar-refractivity contribution in [3.63, 3.8) is 0 Å². The summed E-state index contributed by atoms with van der Waals surface area (Å²) >= 11 is 0. The van der Waals surface area contributed by atoms with Crippen LogP contribution in [0.2, 0.25) is 0 Å². The number of allylic oxidation sites excluding steroid dienone is 3. The molecular weight excluding hydrogens is 341 g/mol. The van der Waals surface area contributed by atoms with Gasteiger partial charge in [-0.25, -0.2) is 4.39 Å². The van der Waals surface area contributed by atoms with E-state index in [4.69, 9.17) is 0 Å². The lowest BCUT2D eigenvalue weighted by molar-refractivity contribution is -0.134. The first-order valence-electron chi connectivity index (χ1n) is 9.80. The maximum Gasteiger partial charge on any atom is 0.229 e. The second-order valence-corrected chi connectivity index (χ2v) is 7.37. The highest BCUT2D eigenvalue weighted by Gasteiger charge is 2.41. The summed E-state index contributed by atoms with van der Waals surface area (Å²) < 4.78 is 13.3. The van der Waals surface area contributed by atoms with Crippen molar-refractivity contribution < 1.29 is 9.18 Å². The summed E-state index contributed by atoms with van der Waals surface area (Å²) in [6.45, 7) is 7.78. The number of carbonyl (C=O) groups excluding carboxylic acids is 1. The van der Waals surface area contributed by atoms with Crippen molar-refractivity contribution in [2.24, 2.45) is 11.8 Å². The second kappa shape index (κ2) is 6.87. The average molecular weight is 367 g/mol. The molecule has 0 unspecified atom stereocenters. The van der Waals surface area contributed by atoms with Gasteiger partial charge in [-0.15, -0.1) is 0 Å². The Balaban J connectivity index is 1.67. The van der Waals surface area contributed by atoms with E-state index in [0.717, 1.165) is 37.3 Å². The fourth-order valence-corrected chi connectivity index (χ4v) is 4.61. The molecule has 0 aromatic heterocycles. The summed E-state index contributed by atoms with van der Waals surface area (Å²) in [6, 6.07) is 6.49. The second-order valence-electron chi connectivity index (χ2n) is 7.37. The molecule has 4 nitrogen and oxygen atoms in total. The lowest BCUT2D eigenvalue weighted by atomic mass is 9.80. The minimum absolute atomic E-state index is 0.00605. The highest BCUT2D eigenvalue weighted by molar-refractivity contribution is 5.84. The molecule has 1 heterocycles. The molecule has 5 heteroatoms. The van der Waals surface area contributed by atoms with Gasteiger partial charge < -0.3 is 10.3 Å². The molecular formula is C22H26FN3O. The lowest BCUT2D eigenvalue weighted by Gasteiger charge is -2.31. The Hall–Kier alpha value is -2.56. The summed E-state index contributed by atoms with van der Waals surface area (Å²) in [5.41, 5.74) is 9.07. The molecule has 1 N–H and O–H groups in total. The standard InChI is InChI=1S/C22H26FN3O/c1-4-25(5-2)22(27)18-11-6-15-12-20-19(14(3)21(15)18)13-24-26(20)17-9-7-16(23)8-10-17/h7-10,12-14,18,24H,4-6,11H2,1-3H3/t14-,18-/m0/s1. The van der Waals surface area contributed by atoms with Gasteiger partial charge in [0, 0.05) is 30.8 Å². The quantitative estimate of drug-likeness (QED) is 0.869. The van der Waals surface area contributed by atoms with Gasteiger partial charge in [-0.1, -0.05) is 6.92 Å². The molecule has 1 amide bonds. The minimum Gasteiger partial charge on any atom is -0.343 e. The van der Waals surface area contributed by atoms with Crippen molar-refractivity contribution in [2.45, 2.75) is 33.6 Å². The van der Waals surface area contributed by atoms with E-state index < -0.39 is 0 Å². The van der Waals surface area contributed by atoms with E-state index in [1.807, 2.05) is 30.0 Å². The monoisotopic (exact) mass is 367 g/mol. The van der Waals surface area contributed by atoms with Crippen LogP contribution >= 0.6 is 0 Å². The first-order chi connectivity index (χ1) is 13.0. The van der Waals surface area contributed by atoms with Gasteiger partial charge in [0.2, 0.25) is 5.91 Å². The van der Waals surface area contributed by atoms with Crippen molar-refractivity contribution in [1.29, 1.82) is 0 Å². The Morgan fingerprint density at radius 2 is 1.96 bits per heavy atom. The van der Waals surface area contributed by atoms with Gasteiger partial charge in [-0.3, -0.25) is 9.80 Å². The molecule has 0 fully saturated rings. The third kappa shape index (κ3) is 2.85. The first-order valence-corrected chi connectivity index (χ1v) is 9.80. The molecule has 2 atom stereocenters. The summed E-state index contributed by atoms with van der Waals surface area (Å²) in [7, 11) is 0. The van der Waals surface area contributed by atoms with E-state index in [1.165, 1.54) is 28.9 Å². The number of hydrogen-bond donors (Lipinski definition) is 1. The Morgan fingerprint density at radius 3 is 2.63 bits per heavy atom. The van der Waals surface area contributed by atoms with Gasteiger partial charge in [0.15, 0.2) is 0 Å². The maximum absolute atomic E-state index is 13.3. The number of hydrazine groups is 1. The number of hydrogen-bond acceptors (Lipinski definition) is 3. The van der Waals surface area contributed by atoms with Crippen molar-refractivity contribution >= 4 is 11.6 Å². The van der Waals surface area contributed by atoms with Crippen LogP contribution in [0.25, 0.3) is 0 Å². The summed E-state index contributed by atoms with van der Waals surface area (Å²) in [6.07, 6.45) is 6.05. The SMILES string of the molecule is CCN(CC)C(=O)[C@H]1CCC2=C1[C@@H](C)C1=CNN(c3ccc(F)cc3)C1=C2. The van der Waals surface area contributed by atoms with Crippen LogP contribution in [0.4, 0.5) is 10.1 Å². The number of anilines is 1. The zero-order valence-corrected chi connectivity index (χ0v) is 16.1. The fraction of sp³-hybridized carbons (Fsp3) is 0.409. The highest BCUT2D eigenvalue weighted by atomic mass is 19.1. The molecule has 0 spiro atoms. The molecule has 0 radical (unpaired) electrons. The molecule has 0 saturated heterocycles. The van der Waals surface area contributed by atoms with Crippen molar-refractivity contribution in [3.8, 4) is 0 Å². The summed E-state index contributed by atoms with van der Waals surface area (Å²) in [5.74, 6) is 0.213. The first kappa shape index (κ1) is 17.8. The van der Waals surface area contributed by atoms with Crippen LogP contribution in [0.5, 0.6) is 0 Å². The summed E-state index contributed by atoms with van der Waals surface area (Å²) in [5, 5.41) is 1.99. The maximum atomic E-state index is 13.3. The van der Waals surface area contributed by atoms with Crippen molar-refractivity contribution in [3.05, 3.63) is 64.8 Å². The molecule has 3 aliphatic rings. The molecule has 142 valence electrons. The van der Waals surface area contributed by atoms with Crippen LogP contribution in [-0.4, -0.2) is 23.9 Å². The molecule has 2 aliphatic carbocycles. The van der Waals surface area contributed by atoms with E-state index in [9.17, 15) is 9.18 Å². The Bertz CT molecular complexity index is 849. The van der Waals surface area contributed by atoms with Crippen LogP contribution in [-0.2, 0) is 4.79 Å². The highest BCUT2D eigenvalue weighted by Crippen LogP contribution is 2.48. The Kier molecular flexibility index (Phi) is 4.54. The zero-order chi connectivity index (χ0) is 19.1. The van der Waals surface area contributed by atoms with Crippen molar-refractivity contribution in [1.82, 2.24) is 10.3 Å². The number of halogens is 1. The number of carbonyl (C=O) groups is 1. The van der Waals surface area contributed by atoms with Gasteiger partial charge in [0.25, 0.3) is 0 Å². The number of benzene rings is 1. The van der Waals surface area contributed by atoms with Crippen molar-refractivity contribution in [2.75, 3.05) is 18.1 Å². The molecule has 0 saturated carbocycles. The summed E-state index contributed by atoms with van der Waals surface area (Å²) in [4.78, 5) is 15.0. The van der Waals surface area contributed by atoms with Gasteiger partial charge in [-0.2, -0.15) is 0 Å². The van der Waals surface area contributed by atoms with E-state index in [0.29, 0.717) is 0 Å². The number of amides is 1. The van der Waals surface area contributed by atoms with Crippen LogP contribution < -0.4 is 10.4 Å². The zero-order valence-electron chi connectivity index (χ0n) is 16.1. The van der Waals surface area contributed by atoms with Crippen LogP contribution in [0, 0.1) is 17.7 Å². The largest absolute Gasteiger partial charge is 0.343 e. The number of nitrogens with zero attached hydrogens (tertiary/aromatic N) is 2. The normalized spacial score (nSPS) is 23.5. The topological polar surface area (TPSA) is 35.6 Å². The number of rotatable bonds is 4. The molecule has 4 rings (SSSR count). The predicted octanol–water partition coefficient (Wildman–Crippen LogP) is 4.14. The Morgan fingerprint density at radius 1 is 1.26 bits per heavy atom. The van der Waals surface area contributed by atoms with Gasteiger partial charge in [0.05, 0.1) is 17.3 Å². The van der Waals surface area contributed by atoms with E-state index >= 15 is 0 Å². The predicted molar refractivity (Wildman–Crippen MR) is 105 cm³/mol. The number of nitrogens with one attached hydrogen (secondary N) is 1. The van der Waals surface area contributed by atoms with E-state index in [1.54, 1.807) is 12.1 Å². The van der Waals surface area contributed by atoms with Gasteiger partial charge in [0.1, 0.15) is 5.82 Å². The minimum atomic E-state index is -0.240. The Labute approximate surface area is 160 Å². The molecule has 27 heavy (non-hydrogen) atoms. The lowest BCUT2D eigenvalue weighted by Crippen LogP contribution is -2.37. The third-order valence-electron chi connectivity index (χ3n) is 6.04.